The van der Waals surface area contributed by atoms with E-state index in [1.54, 1.807) is 12.1 Å². The molecule has 0 unspecified atom stereocenters. The lowest BCUT2D eigenvalue weighted by molar-refractivity contribution is 0.350. The predicted molar refractivity (Wildman–Crippen MR) is 71.0 cm³/mol. The van der Waals surface area contributed by atoms with Gasteiger partial charge in [0.05, 0.1) is 17.3 Å². The maximum atomic E-state index is 12.0. The Morgan fingerprint density at radius 1 is 1.20 bits per heavy atom. The van der Waals surface area contributed by atoms with Gasteiger partial charge >= 0.3 is 0 Å². The Labute approximate surface area is 115 Å². The number of sulfonamides is 1. The average Bonchev–Trinajstić information content (AvgIpc) is 2.46. The highest BCUT2D eigenvalue weighted by atomic mass is 32.2. The predicted octanol–water partition coefficient (Wildman–Crippen LogP) is 0.0162. The Balaban J connectivity index is 2.22. The summed E-state index contributed by atoms with van der Waals surface area (Å²) in [5, 5.41) is 15.7. The first-order chi connectivity index (χ1) is 9.62. The summed E-state index contributed by atoms with van der Waals surface area (Å²) in [7, 11) is -3.76. The fraction of sp³-hybridized carbons (Fsp3) is 0.0833. The highest BCUT2D eigenvalue weighted by molar-refractivity contribution is 7.92. The van der Waals surface area contributed by atoms with Gasteiger partial charge in [-0.05, 0) is 24.3 Å². The minimum Gasteiger partial charge on any atom is -0.384 e. The van der Waals surface area contributed by atoms with Gasteiger partial charge in [-0.15, -0.1) is 5.10 Å². The zero-order valence-electron chi connectivity index (χ0n) is 10.2. The van der Waals surface area contributed by atoms with Gasteiger partial charge in [0.25, 0.3) is 16.0 Å². The van der Waals surface area contributed by atoms with E-state index < -0.39 is 10.0 Å². The summed E-state index contributed by atoms with van der Waals surface area (Å²) in [6.07, 6.45) is 2.67. The molecular formula is C12H10N4O3S. The van der Waals surface area contributed by atoms with Crippen LogP contribution in [0.5, 0.6) is 0 Å². The smallest absolute Gasteiger partial charge is 0.264 e. The molecule has 2 aromatic rings. The van der Waals surface area contributed by atoms with Crippen molar-refractivity contribution in [1.82, 2.24) is 15.2 Å². The van der Waals surface area contributed by atoms with Crippen LogP contribution in [0.4, 0.5) is 5.95 Å². The third-order valence-electron chi connectivity index (χ3n) is 2.18. The molecule has 7 nitrogen and oxygen atoms in total. The molecule has 0 radical (unpaired) electrons. The molecule has 0 saturated carbocycles. The van der Waals surface area contributed by atoms with Gasteiger partial charge in [-0.2, -0.15) is 5.10 Å². The van der Waals surface area contributed by atoms with E-state index >= 15 is 0 Å². The number of nitrogens with one attached hydrogen (secondary N) is 1. The molecule has 0 fully saturated rings. The molecule has 102 valence electrons. The van der Waals surface area contributed by atoms with E-state index in [4.69, 9.17) is 5.11 Å². The summed E-state index contributed by atoms with van der Waals surface area (Å²) in [4.78, 5) is 3.79. The lowest BCUT2D eigenvalue weighted by atomic mass is 10.2. The van der Waals surface area contributed by atoms with Crippen molar-refractivity contribution >= 4 is 16.0 Å². The van der Waals surface area contributed by atoms with Crippen LogP contribution in [-0.4, -0.2) is 35.3 Å². The molecule has 1 aromatic carbocycles. The topological polar surface area (TPSA) is 105 Å². The van der Waals surface area contributed by atoms with Gasteiger partial charge in [0, 0.05) is 5.56 Å². The molecule has 0 aliphatic carbocycles. The van der Waals surface area contributed by atoms with Crippen LogP contribution in [-0.2, 0) is 10.0 Å². The minimum atomic E-state index is -3.76. The van der Waals surface area contributed by atoms with Gasteiger partial charge in [0.2, 0.25) is 0 Å². The molecule has 8 heteroatoms. The molecule has 0 aliphatic heterocycles. The third kappa shape index (κ3) is 3.50. The summed E-state index contributed by atoms with van der Waals surface area (Å²) in [6.45, 7) is -0.250. The number of hydrogen-bond donors (Lipinski definition) is 2. The molecule has 0 aliphatic rings. The molecule has 2 N–H and O–H groups in total. The fourth-order valence-corrected chi connectivity index (χ4v) is 2.28. The van der Waals surface area contributed by atoms with Crippen LogP contribution in [0.3, 0.4) is 0 Å². The third-order valence-corrected chi connectivity index (χ3v) is 3.53. The Bertz CT molecular complexity index is 734. The Morgan fingerprint density at radius 2 is 1.95 bits per heavy atom. The summed E-state index contributed by atoms with van der Waals surface area (Å²) in [5.41, 5.74) is 0.607. The largest absolute Gasteiger partial charge is 0.384 e. The number of nitrogens with zero attached hydrogens (tertiary/aromatic N) is 3. The Morgan fingerprint density at radius 3 is 2.55 bits per heavy atom. The standard InChI is InChI=1S/C12H10N4O3S/c17-9-1-2-10-3-5-11(6-4-10)20(18,19)16-12-13-7-8-14-15-12/h3-8,17H,9H2,(H,13,15,16). The van der Waals surface area contributed by atoms with Crippen LogP contribution in [0.15, 0.2) is 41.6 Å². The second kappa shape index (κ2) is 6.10. The molecular weight excluding hydrogens is 280 g/mol. The highest BCUT2D eigenvalue weighted by Gasteiger charge is 2.15. The summed E-state index contributed by atoms with van der Waals surface area (Å²) >= 11 is 0. The summed E-state index contributed by atoms with van der Waals surface area (Å²) in [6, 6.07) is 5.89. The number of aliphatic hydroxyl groups is 1. The van der Waals surface area contributed by atoms with Gasteiger partial charge in [0.1, 0.15) is 6.61 Å². The summed E-state index contributed by atoms with van der Waals surface area (Å²) < 4.78 is 26.3. The molecule has 0 bridgehead atoms. The quantitative estimate of drug-likeness (QED) is 0.772. The normalized spacial score (nSPS) is 10.4. The monoisotopic (exact) mass is 290 g/mol. The van der Waals surface area contributed by atoms with E-state index in [1.807, 2.05) is 0 Å². The fourth-order valence-electron chi connectivity index (χ4n) is 1.33. The first kappa shape index (κ1) is 13.9. The molecule has 0 saturated heterocycles. The van der Waals surface area contributed by atoms with Crippen molar-refractivity contribution in [3.05, 3.63) is 42.2 Å². The minimum absolute atomic E-state index is 0.0551. The van der Waals surface area contributed by atoms with Crippen molar-refractivity contribution in [1.29, 1.82) is 0 Å². The second-order valence-electron chi connectivity index (χ2n) is 3.56. The van der Waals surface area contributed by atoms with Crippen LogP contribution < -0.4 is 4.72 Å². The number of aliphatic hydroxyl groups excluding tert-OH is 1. The van der Waals surface area contributed by atoms with E-state index in [-0.39, 0.29) is 17.5 Å². The van der Waals surface area contributed by atoms with Crippen molar-refractivity contribution in [3.8, 4) is 11.8 Å². The average molecular weight is 290 g/mol. The first-order valence-electron chi connectivity index (χ1n) is 5.48. The van der Waals surface area contributed by atoms with Crippen LogP contribution in [0.2, 0.25) is 0 Å². The lowest BCUT2D eigenvalue weighted by Gasteiger charge is -2.05. The van der Waals surface area contributed by atoms with Crippen LogP contribution >= 0.6 is 0 Å². The van der Waals surface area contributed by atoms with Crippen molar-refractivity contribution < 1.29 is 13.5 Å². The van der Waals surface area contributed by atoms with Crippen molar-refractivity contribution in [2.45, 2.75) is 4.90 Å². The maximum absolute atomic E-state index is 12.0. The number of anilines is 1. The van der Waals surface area contributed by atoms with E-state index in [1.165, 1.54) is 24.5 Å². The van der Waals surface area contributed by atoms with E-state index in [9.17, 15) is 8.42 Å². The summed E-state index contributed by atoms with van der Waals surface area (Å²) in [5.74, 6) is 5.05. The van der Waals surface area contributed by atoms with Gasteiger partial charge in [0.15, 0.2) is 0 Å². The van der Waals surface area contributed by atoms with Gasteiger partial charge in [-0.1, -0.05) is 11.8 Å². The number of benzene rings is 1. The van der Waals surface area contributed by atoms with Crippen molar-refractivity contribution in [2.75, 3.05) is 11.3 Å². The second-order valence-corrected chi connectivity index (χ2v) is 5.24. The van der Waals surface area contributed by atoms with E-state index in [0.29, 0.717) is 5.56 Å². The molecule has 0 spiro atoms. The zero-order chi connectivity index (χ0) is 14.4. The lowest BCUT2D eigenvalue weighted by Crippen LogP contribution is -2.15. The number of hydrogen-bond acceptors (Lipinski definition) is 6. The van der Waals surface area contributed by atoms with Crippen LogP contribution in [0, 0.1) is 11.8 Å². The van der Waals surface area contributed by atoms with Gasteiger partial charge in [-0.25, -0.2) is 18.1 Å². The molecule has 1 heterocycles. The number of aromatic nitrogens is 3. The highest BCUT2D eigenvalue weighted by Crippen LogP contribution is 2.13. The van der Waals surface area contributed by atoms with Crippen LogP contribution in [0.25, 0.3) is 0 Å². The zero-order valence-corrected chi connectivity index (χ0v) is 11.0. The van der Waals surface area contributed by atoms with Crippen LogP contribution in [0.1, 0.15) is 5.56 Å². The molecule has 1 aromatic heterocycles. The van der Waals surface area contributed by atoms with Crippen molar-refractivity contribution in [3.63, 3.8) is 0 Å². The Kier molecular flexibility index (Phi) is 4.24. The first-order valence-corrected chi connectivity index (χ1v) is 6.96. The molecule has 2 rings (SSSR count). The van der Waals surface area contributed by atoms with E-state index in [0.717, 1.165) is 0 Å². The SMILES string of the molecule is O=S(=O)(Nc1nccnn1)c1ccc(C#CCO)cc1. The molecule has 0 amide bonds. The molecule has 20 heavy (non-hydrogen) atoms. The maximum Gasteiger partial charge on any atom is 0.264 e. The van der Waals surface area contributed by atoms with Crippen molar-refractivity contribution in [2.24, 2.45) is 0 Å². The van der Waals surface area contributed by atoms with E-state index in [2.05, 4.69) is 31.7 Å². The molecule has 0 atom stereocenters. The van der Waals surface area contributed by atoms with Gasteiger partial charge < -0.3 is 5.11 Å². The van der Waals surface area contributed by atoms with Gasteiger partial charge in [-0.3, -0.25) is 0 Å². The Hall–Kier alpha value is -2.50. The number of rotatable bonds is 3.